The third-order valence-electron chi connectivity index (χ3n) is 8.28. The summed E-state index contributed by atoms with van der Waals surface area (Å²) in [7, 11) is 0. The number of phenolic OH excluding ortho intramolecular Hbond substituents is 2. The van der Waals surface area contributed by atoms with E-state index >= 15 is 0 Å². The van der Waals surface area contributed by atoms with Gasteiger partial charge < -0.3 is 15.3 Å². The Morgan fingerprint density at radius 3 is 2.55 bits per heavy atom. The van der Waals surface area contributed by atoms with Crippen LogP contribution in [0.4, 0.5) is 0 Å². The Morgan fingerprint density at radius 2 is 1.90 bits per heavy atom. The van der Waals surface area contributed by atoms with Crippen molar-refractivity contribution in [2.75, 3.05) is 0 Å². The summed E-state index contributed by atoms with van der Waals surface area (Å²) < 4.78 is 0. The second-order valence-electron chi connectivity index (χ2n) is 9.94. The number of carbonyl (C=O) groups is 2. The van der Waals surface area contributed by atoms with Gasteiger partial charge in [-0.2, -0.15) is 0 Å². The van der Waals surface area contributed by atoms with Gasteiger partial charge in [0, 0.05) is 18.8 Å². The lowest BCUT2D eigenvalue weighted by Gasteiger charge is -2.60. The summed E-state index contributed by atoms with van der Waals surface area (Å²) in [5.41, 5.74) is 1.04. The molecule has 2 aliphatic carbocycles. The first-order chi connectivity index (χ1) is 13.5. The van der Waals surface area contributed by atoms with Crippen LogP contribution in [0.25, 0.3) is 0 Å². The Bertz CT molecular complexity index is 816. The van der Waals surface area contributed by atoms with Crippen molar-refractivity contribution in [2.24, 2.45) is 28.6 Å². The number of Topliss-reactive ketones (excluding diaryl/α,β-unsaturated/α-hetero) is 1. The van der Waals surface area contributed by atoms with Crippen LogP contribution >= 0.6 is 0 Å². The number of aromatic hydroxyl groups is 2. The van der Waals surface area contributed by atoms with Gasteiger partial charge in [-0.15, -0.1) is 0 Å². The van der Waals surface area contributed by atoms with Crippen molar-refractivity contribution in [1.82, 2.24) is 0 Å². The number of carboxylic acids is 1. The second-order valence-corrected chi connectivity index (χ2v) is 9.94. The molecule has 1 aromatic rings. The standard InChI is InChI=1S/C24H34O5/c1-14-11-17(25)12-16(22(14)29)13-24(4)15(2)9-10-23(3)18(5-8-21(27)28)19(26)6-7-20(23)24/h11-12,15,18,20,25,29H,5-10,13H2,1-4H3,(H,27,28)/t15?,18?,20?,23-,24-/m0/s1. The molecule has 2 saturated carbocycles. The van der Waals surface area contributed by atoms with Crippen molar-refractivity contribution in [1.29, 1.82) is 0 Å². The van der Waals surface area contributed by atoms with Gasteiger partial charge in [-0.05, 0) is 85.0 Å². The Balaban J connectivity index is 1.98. The van der Waals surface area contributed by atoms with Gasteiger partial charge >= 0.3 is 5.97 Å². The number of fused-ring (bicyclic) bond motifs is 1. The first kappa shape index (κ1) is 21.7. The lowest BCUT2D eigenvalue weighted by molar-refractivity contribution is -0.152. The van der Waals surface area contributed by atoms with E-state index in [0.717, 1.165) is 24.8 Å². The van der Waals surface area contributed by atoms with Gasteiger partial charge in [-0.25, -0.2) is 0 Å². The normalized spacial score (nSPS) is 34.6. The molecule has 0 amide bonds. The number of rotatable bonds is 5. The van der Waals surface area contributed by atoms with E-state index in [0.29, 0.717) is 30.7 Å². The number of hydrogen-bond donors (Lipinski definition) is 3. The maximum atomic E-state index is 12.8. The first-order valence-electron chi connectivity index (χ1n) is 10.7. The van der Waals surface area contributed by atoms with Crippen LogP contribution in [0.15, 0.2) is 12.1 Å². The minimum atomic E-state index is -0.851. The number of aryl methyl sites for hydroxylation is 1. The Kier molecular flexibility index (Phi) is 5.72. The van der Waals surface area contributed by atoms with Crippen molar-refractivity contribution in [3.63, 3.8) is 0 Å². The van der Waals surface area contributed by atoms with Crippen molar-refractivity contribution < 1.29 is 24.9 Å². The maximum Gasteiger partial charge on any atom is 0.303 e. The average molecular weight is 403 g/mol. The quantitative estimate of drug-likeness (QED) is 0.612. The van der Waals surface area contributed by atoms with E-state index in [-0.39, 0.29) is 46.4 Å². The summed E-state index contributed by atoms with van der Waals surface area (Å²) in [4.78, 5) is 24.0. The van der Waals surface area contributed by atoms with E-state index in [9.17, 15) is 19.8 Å². The third-order valence-corrected chi connectivity index (χ3v) is 8.28. The molecule has 0 bridgehead atoms. The highest BCUT2D eigenvalue weighted by Crippen LogP contribution is 2.63. The van der Waals surface area contributed by atoms with Crippen molar-refractivity contribution in [2.45, 2.75) is 72.6 Å². The fourth-order valence-electron chi connectivity index (χ4n) is 6.47. The summed E-state index contributed by atoms with van der Waals surface area (Å²) in [5, 5.41) is 29.9. The summed E-state index contributed by atoms with van der Waals surface area (Å²) in [6.45, 7) is 8.47. The zero-order valence-electron chi connectivity index (χ0n) is 18.0. The smallest absolute Gasteiger partial charge is 0.303 e. The maximum absolute atomic E-state index is 12.8. The monoisotopic (exact) mass is 402 g/mol. The average Bonchev–Trinajstić information content (AvgIpc) is 2.62. The Hall–Kier alpha value is -2.04. The zero-order valence-corrected chi connectivity index (χ0v) is 18.0. The molecule has 5 atom stereocenters. The molecule has 2 aliphatic rings. The molecule has 3 unspecified atom stereocenters. The highest BCUT2D eigenvalue weighted by atomic mass is 16.4. The molecule has 0 aromatic heterocycles. The van der Waals surface area contributed by atoms with Crippen LogP contribution in [-0.4, -0.2) is 27.1 Å². The molecular formula is C24H34O5. The Morgan fingerprint density at radius 1 is 1.21 bits per heavy atom. The van der Waals surface area contributed by atoms with Gasteiger partial charge in [0.05, 0.1) is 0 Å². The van der Waals surface area contributed by atoms with E-state index in [1.165, 1.54) is 0 Å². The predicted octanol–water partition coefficient (Wildman–Crippen LogP) is 4.85. The highest BCUT2D eigenvalue weighted by molar-refractivity contribution is 5.83. The van der Waals surface area contributed by atoms with Crippen LogP contribution in [0.1, 0.15) is 70.4 Å². The third kappa shape index (κ3) is 3.76. The first-order valence-corrected chi connectivity index (χ1v) is 10.7. The van der Waals surface area contributed by atoms with Crippen LogP contribution in [0.5, 0.6) is 11.5 Å². The molecule has 5 heteroatoms. The fourth-order valence-corrected chi connectivity index (χ4v) is 6.47. The van der Waals surface area contributed by atoms with E-state index in [1.54, 1.807) is 19.1 Å². The van der Waals surface area contributed by atoms with E-state index in [4.69, 9.17) is 5.11 Å². The second kappa shape index (κ2) is 7.66. The lowest BCUT2D eigenvalue weighted by Crippen LogP contribution is -2.56. The van der Waals surface area contributed by atoms with Gasteiger partial charge in [-0.1, -0.05) is 20.8 Å². The number of phenols is 2. The lowest BCUT2D eigenvalue weighted by atomic mass is 9.44. The molecule has 5 nitrogen and oxygen atoms in total. The Labute approximate surface area is 173 Å². The van der Waals surface area contributed by atoms with Gasteiger partial charge in [0.15, 0.2) is 0 Å². The van der Waals surface area contributed by atoms with Gasteiger partial charge in [0.1, 0.15) is 17.3 Å². The largest absolute Gasteiger partial charge is 0.508 e. The van der Waals surface area contributed by atoms with E-state index in [2.05, 4.69) is 20.8 Å². The number of carbonyl (C=O) groups excluding carboxylic acids is 1. The molecule has 0 saturated heterocycles. The van der Waals surface area contributed by atoms with Crippen LogP contribution < -0.4 is 0 Å². The van der Waals surface area contributed by atoms with Crippen molar-refractivity contribution in [3.8, 4) is 11.5 Å². The SMILES string of the molecule is Cc1cc(O)cc(C[C@@]2(C)C(C)CC[C@@]3(C)C(CCC(=O)O)C(=O)CCC23)c1O. The summed E-state index contributed by atoms with van der Waals surface area (Å²) in [5.74, 6) is 0.187. The molecule has 2 fully saturated rings. The number of ketones is 1. The minimum absolute atomic E-state index is 0.0253. The molecule has 29 heavy (non-hydrogen) atoms. The highest BCUT2D eigenvalue weighted by Gasteiger charge is 2.58. The fraction of sp³-hybridized carbons (Fsp3) is 0.667. The van der Waals surface area contributed by atoms with Crippen LogP contribution in [0.2, 0.25) is 0 Å². The molecule has 0 aliphatic heterocycles. The van der Waals surface area contributed by atoms with Gasteiger partial charge in [-0.3, -0.25) is 9.59 Å². The van der Waals surface area contributed by atoms with Crippen molar-refractivity contribution in [3.05, 3.63) is 23.3 Å². The van der Waals surface area contributed by atoms with E-state index < -0.39 is 5.97 Å². The predicted molar refractivity (Wildman–Crippen MR) is 111 cm³/mol. The van der Waals surface area contributed by atoms with E-state index in [1.807, 2.05) is 0 Å². The van der Waals surface area contributed by atoms with Crippen LogP contribution in [-0.2, 0) is 16.0 Å². The molecular weight excluding hydrogens is 368 g/mol. The zero-order chi connectivity index (χ0) is 21.6. The molecule has 160 valence electrons. The molecule has 3 rings (SSSR count). The van der Waals surface area contributed by atoms with Gasteiger partial charge in [0.25, 0.3) is 0 Å². The van der Waals surface area contributed by atoms with Crippen LogP contribution in [0, 0.1) is 35.5 Å². The van der Waals surface area contributed by atoms with Gasteiger partial charge in [0.2, 0.25) is 0 Å². The number of benzene rings is 1. The number of hydrogen-bond acceptors (Lipinski definition) is 4. The summed E-state index contributed by atoms with van der Waals surface area (Å²) in [6, 6.07) is 3.22. The number of carboxylic acid groups (broad SMARTS) is 1. The summed E-state index contributed by atoms with van der Waals surface area (Å²) in [6.07, 6.45) is 4.26. The molecule has 3 N–H and O–H groups in total. The molecule has 0 heterocycles. The minimum Gasteiger partial charge on any atom is -0.508 e. The molecule has 0 spiro atoms. The molecule has 0 radical (unpaired) electrons. The van der Waals surface area contributed by atoms with Crippen molar-refractivity contribution >= 4 is 11.8 Å². The number of aliphatic carboxylic acids is 1. The topological polar surface area (TPSA) is 94.8 Å². The van der Waals surface area contributed by atoms with Crippen LogP contribution in [0.3, 0.4) is 0 Å². The molecule has 1 aromatic carbocycles. The summed E-state index contributed by atoms with van der Waals surface area (Å²) >= 11 is 0.